The zero-order valence-corrected chi connectivity index (χ0v) is 20.2. The lowest BCUT2D eigenvalue weighted by Crippen LogP contribution is -2.39. The number of nitrogens with one attached hydrogen (secondary N) is 1. The molecule has 3 aromatic rings. The smallest absolute Gasteiger partial charge is 0.345 e. The van der Waals surface area contributed by atoms with Crippen molar-refractivity contribution in [2.75, 3.05) is 32.1 Å². The Kier molecular flexibility index (Phi) is 6.23. The first-order chi connectivity index (χ1) is 16.4. The molecule has 3 heterocycles. The Morgan fingerprint density at radius 2 is 2.00 bits per heavy atom. The molecule has 2 aliphatic heterocycles. The van der Waals surface area contributed by atoms with E-state index in [0.717, 1.165) is 56.6 Å². The molecule has 1 N–H and O–H groups in total. The molecule has 5 rings (SSSR count). The van der Waals surface area contributed by atoms with Crippen LogP contribution in [-0.4, -0.2) is 48.3 Å². The van der Waals surface area contributed by atoms with E-state index in [2.05, 4.69) is 28.4 Å². The number of halogens is 1. The topological polar surface area (TPSA) is 72.8 Å². The van der Waals surface area contributed by atoms with E-state index in [4.69, 9.17) is 21.1 Å². The SMILES string of the molecule is COC(=O)c1c(NC2CCN(Cc3ccc4c(c3)CCO4)CC2)c2cc(Cl)ccc2n(C)c1=O. The van der Waals surface area contributed by atoms with Crippen molar-refractivity contribution in [3.63, 3.8) is 0 Å². The maximum absolute atomic E-state index is 13.0. The largest absolute Gasteiger partial charge is 0.493 e. The quantitative estimate of drug-likeness (QED) is 0.555. The van der Waals surface area contributed by atoms with E-state index < -0.39 is 5.97 Å². The fourth-order valence-electron chi connectivity index (χ4n) is 5.00. The summed E-state index contributed by atoms with van der Waals surface area (Å²) in [5.74, 6) is 0.359. The number of carbonyl (C=O) groups excluding carboxylic acids is 1. The summed E-state index contributed by atoms with van der Waals surface area (Å²) in [6, 6.07) is 11.9. The van der Waals surface area contributed by atoms with Crippen LogP contribution in [0.1, 0.15) is 34.3 Å². The third-order valence-electron chi connectivity index (χ3n) is 6.84. The van der Waals surface area contributed by atoms with Crippen LogP contribution in [0.3, 0.4) is 0 Å². The van der Waals surface area contributed by atoms with Crippen molar-refractivity contribution in [1.29, 1.82) is 0 Å². The number of pyridine rings is 1. The molecule has 0 unspecified atom stereocenters. The number of piperidine rings is 1. The third-order valence-corrected chi connectivity index (χ3v) is 7.08. The van der Waals surface area contributed by atoms with Crippen LogP contribution in [0.25, 0.3) is 10.9 Å². The molecule has 0 amide bonds. The Morgan fingerprint density at radius 3 is 2.76 bits per heavy atom. The van der Waals surface area contributed by atoms with Gasteiger partial charge in [0.05, 0.1) is 24.9 Å². The van der Waals surface area contributed by atoms with Crippen LogP contribution in [0, 0.1) is 0 Å². The number of likely N-dealkylation sites (tertiary alicyclic amines) is 1. The van der Waals surface area contributed by atoms with E-state index in [1.807, 2.05) is 0 Å². The van der Waals surface area contributed by atoms with E-state index in [9.17, 15) is 9.59 Å². The summed E-state index contributed by atoms with van der Waals surface area (Å²) in [5, 5.41) is 4.78. The molecule has 2 aliphatic rings. The van der Waals surface area contributed by atoms with Gasteiger partial charge in [0.2, 0.25) is 0 Å². The van der Waals surface area contributed by atoms with E-state index in [1.165, 1.54) is 22.8 Å². The minimum Gasteiger partial charge on any atom is -0.493 e. The zero-order valence-electron chi connectivity index (χ0n) is 19.4. The summed E-state index contributed by atoms with van der Waals surface area (Å²) in [7, 11) is 2.94. The van der Waals surface area contributed by atoms with Gasteiger partial charge < -0.3 is 19.4 Å². The lowest BCUT2D eigenvalue weighted by atomic mass is 10.0. The number of rotatable bonds is 5. The number of ether oxygens (including phenoxy) is 2. The van der Waals surface area contributed by atoms with Gasteiger partial charge in [0.1, 0.15) is 11.3 Å². The van der Waals surface area contributed by atoms with Gasteiger partial charge in [-0.1, -0.05) is 23.7 Å². The van der Waals surface area contributed by atoms with Crippen molar-refractivity contribution in [3.05, 3.63) is 68.5 Å². The van der Waals surface area contributed by atoms with Gasteiger partial charge in [-0.3, -0.25) is 9.69 Å². The minimum atomic E-state index is -0.650. The first kappa shape index (κ1) is 22.7. The van der Waals surface area contributed by atoms with Crippen LogP contribution < -0.4 is 15.6 Å². The van der Waals surface area contributed by atoms with Crippen LogP contribution in [-0.2, 0) is 24.8 Å². The molecule has 2 aromatic carbocycles. The van der Waals surface area contributed by atoms with Crippen LogP contribution in [0.2, 0.25) is 5.02 Å². The number of carbonyl (C=O) groups is 1. The molecule has 0 atom stereocenters. The second kappa shape index (κ2) is 9.31. The third kappa shape index (κ3) is 4.26. The second-order valence-electron chi connectivity index (χ2n) is 9.00. The van der Waals surface area contributed by atoms with E-state index in [0.29, 0.717) is 16.2 Å². The molecule has 178 valence electrons. The molecule has 1 saturated heterocycles. The van der Waals surface area contributed by atoms with Crippen molar-refractivity contribution >= 4 is 34.2 Å². The van der Waals surface area contributed by atoms with E-state index >= 15 is 0 Å². The number of nitrogens with zero attached hydrogens (tertiary/aromatic N) is 2. The molecular formula is C26H28ClN3O4. The first-order valence-corrected chi connectivity index (χ1v) is 12.0. The minimum absolute atomic E-state index is 0.0163. The first-order valence-electron chi connectivity index (χ1n) is 11.6. The number of esters is 1. The molecule has 0 radical (unpaired) electrons. The molecule has 1 fully saturated rings. The van der Waals surface area contributed by atoms with E-state index in [-0.39, 0.29) is 17.2 Å². The van der Waals surface area contributed by atoms with Gasteiger partial charge >= 0.3 is 5.97 Å². The lowest BCUT2D eigenvalue weighted by molar-refractivity contribution is 0.0599. The average Bonchev–Trinajstić information content (AvgIpc) is 3.31. The molecule has 0 saturated carbocycles. The van der Waals surface area contributed by atoms with Crippen LogP contribution >= 0.6 is 11.6 Å². The number of hydrogen-bond acceptors (Lipinski definition) is 6. The number of aromatic nitrogens is 1. The van der Waals surface area contributed by atoms with Crippen LogP contribution in [0.15, 0.2) is 41.2 Å². The number of methoxy groups -OCH3 is 1. The molecule has 0 spiro atoms. The zero-order chi connectivity index (χ0) is 23.8. The van der Waals surface area contributed by atoms with Crippen molar-refractivity contribution in [2.24, 2.45) is 7.05 Å². The maximum Gasteiger partial charge on any atom is 0.345 e. The van der Waals surface area contributed by atoms with Crippen molar-refractivity contribution in [1.82, 2.24) is 9.47 Å². The summed E-state index contributed by atoms with van der Waals surface area (Å²) in [6.45, 7) is 3.51. The van der Waals surface area contributed by atoms with Crippen LogP contribution in [0.4, 0.5) is 5.69 Å². The summed E-state index contributed by atoms with van der Waals surface area (Å²) < 4.78 is 12.0. The van der Waals surface area contributed by atoms with Gasteiger partial charge in [0.15, 0.2) is 0 Å². The van der Waals surface area contributed by atoms with Gasteiger partial charge in [0.25, 0.3) is 5.56 Å². The predicted octanol–water partition coefficient (Wildman–Crippen LogP) is 3.99. The Morgan fingerprint density at radius 1 is 1.21 bits per heavy atom. The number of anilines is 1. The Labute approximate surface area is 203 Å². The molecule has 0 bridgehead atoms. The second-order valence-corrected chi connectivity index (χ2v) is 9.44. The molecule has 0 aliphatic carbocycles. The standard InChI is InChI=1S/C26H28ClN3O4/c1-29-21-5-4-18(27)14-20(21)24(23(25(29)31)26(32)33-2)28-19-7-10-30(11-8-19)15-16-3-6-22-17(13-16)9-12-34-22/h3-6,13-14,19,28H,7-12,15H2,1-2H3. The highest BCUT2D eigenvalue weighted by Crippen LogP contribution is 2.31. The molecule has 1 aromatic heterocycles. The molecule has 34 heavy (non-hydrogen) atoms. The number of hydrogen-bond donors (Lipinski definition) is 1. The van der Waals surface area contributed by atoms with Gasteiger partial charge in [-0.05, 0) is 48.2 Å². The van der Waals surface area contributed by atoms with Gasteiger partial charge in [-0.2, -0.15) is 0 Å². The number of fused-ring (bicyclic) bond motifs is 2. The molecular weight excluding hydrogens is 454 g/mol. The van der Waals surface area contributed by atoms with Crippen molar-refractivity contribution < 1.29 is 14.3 Å². The normalized spacial score (nSPS) is 16.3. The summed E-state index contributed by atoms with van der Waals surface area (Å²) in [5.41, 5.74) is 3.44. The van der Waals surface area contributed by atoms with Gasteiger partial charge in [-0.25, -0.2) is 4.79 Å². The Balaban J connectivity index is 1.36. The summed E-state index contributed by atoms with van der Waals surface area (Å²) >= 11 is 6.28. The van der Waals surface area contributed by atoms with Crippen molar-refractivity contribution in [3.8, 4) is 5.75 Å². The average molecular weight is 482 g/mol. The van der Waals surface area contributed by atoms with Crippen LogP contribution in [0.5, 0.6) is 5.75 Å². The Hall–Kier alpha value is -3.03. The number of aryl methyl sites for hydroxylation is 1. The summed E-state index contributed by atoms with van der Waals surface area (Å²) in [6.07, 6.45) is 2.77. The highest BCUT2D eigenvalue weighted by molar-refractivity contribution is 6.31. The maximum atomic E-state index is 13.0. The fraction of sp³-hybridized carbons (Fsp3) is 0.385. The molecule has 8 heteroatoms. The van der Waals surface area contributed by atoms with E-state index in [1.54, 1.807) is 25.2 Å². The Bertz CT molecular complexity index is 1310. The fourth-order valence-corrected chi connectivity index (χ4v) is 5.17. The summed E-state index contributed by atoms with van der Waals surface area (Å²) in [4.78, 5) is 28.1. The van der Waals surface area contributed by atoms with Gasteiger partial charge in [-0.15, -0.1) is 0 Å². The van der Waals surface area contributed by atoms with Crippen molar-refractivity contribution in [2.45, 2.75) is 31.8 Å². The predicted molar refractivity (Wildman–Crippen MR) is 133 cm³/mol. The highest BCUT2D eigenvalue weighted by atomic mass is 35.5. The number of benzene rings is 2. The lowest BCUT2D eigenvalue weighted by Gasteiger charge is -2.33. The van der Waals surface area contributed by atoms with Gasteiger partial charge in [0, 0.05) is 49.6 Å². The molecule has 7 nitrogen and oxygen atoms in total. The highest BCUT2D eigenvalue weighted by Gasteiger charge is 2.26. The monoisotopic (exact) mass is 481 g/mol.